The number of carbonyl (C=O) groups is 2. The molecule has 0 radical (unpaired) electrons. The Morgan fingerprint density at radius 2 is 1.70 bits per heavy atom. The quantitative estimate of drug-likeness (QED) is 0.451. The molecule has 8 nitrogen and oxygen atoms in total. The van der Waals surface area contributed by atoms with Crippen LogP contribution < -0.4 is 16.0 Å². The van der Waals surface area contributed by atoms with Crippen molar-refractivity contribution in [3.63, 3.8) is 0 Å². The van der Waals surface area contributed by atoms with Crippen LogP contribution >= 0.6 is 0 Å². The zero-order valence-corrected chi connectivity index (χ0v) is 23.4. The van der Waals surface area contributed by atoms with Gasteiger partial charge in [-0.15, -0.1) is 0 Å². The molecule has 0 spiro atoms. The van der Waals surface area contributed by atoms with E-state index in [-0.39, 0.29) is 36.0 Å². The van der Waals surface area contributed by atoms with Gasteiger partial charge in [-0.2, -0.15) is 0 Å². The average molecular weight is 546 g/mol. The molecule has 2 aromatic rings. The van der Waals surface area contributed by atoms with E-state index in [1.165, 1.54) is 11.1 Å². The first-order valence-corrected chi connectivity index (χ1v) is 15.2. The predicted octanol–water partition coefficient (Wildman–Crippen LogP) is 4.32. The molecule has 5 atom stereocenters. The Morgan fingerprint density at radius 1 is 0.925 bits per heavy atom. The number of fused-ring (bicyclic) bond motifs is 3. The van der Waals surface area contributed by atoms with Crippen LogP contribution in [0.5, 0.6) is 0 Å². The summed E-state index contributed by atoms with van der Waals surface area (Å²) in [5.41, 5.74) is 3.60. The minimum absolute atomic E-state index is 0.0479. The number of carbonyl (C=O) groups excluding carboxylic acids is 2. The zero-order valence-electron chi connectivity index (χ0n) is 23.4. The second-order valence-corrected chi connectivity index (χ2v) is 11.8. The van der Waals surface area contributed by atoms with Crippen molar-refractivity contribution in [1.82, 2.24) is 20.4 Å². The fourth-order valence-corrected chi connectivity index (χ4v) is 7.32. The summed E-state index contributed by atoms with van der Waals surface area (Å²) in [5.74, 6) is 0.336. The molecule has 40 heavy (non-hydrogen) atoms. The maximum Gasteiger partial charge on any atom is 0.315 e. The molecule has 1 aliphatic carbocycles. The zero-order chi connectivity index (χ0) is 27.3. The van der Waals surface area contributed by atoms with Crippen molar-refractivity contribution < 1.29 is 14.3 Å². The van der Waals surface area contributed by atoms with E-state index in [2.05, 4.69) is 80.3 Å². The van der Waals surface area contributed by atoms with Crippen molar-refractivity contribution in [1.29, 1.82) is 0 Å². The van der Waals surface area contributed by atoms with Crippen molar-refractivity contribution >= 4 is 17.6 Å². The lowest BCUT2D eigenvalue weighted by Gasteiger charge is -2.42. The Morgan fingerprint density at radius 3 is 2.55 bits per heavy atom. The number of urea groups is 1. The standard InChI is InChI=1S/C32H43N5O3/c38-31(25-12-5-7-14-28(25)35-32(39)33-16-8-17-36-19-21-40-22-20-36)37-18-15-26-29(23-9-2-1-3-10-23)34-27-13-6-4-11-24(27)30(26)37/h1-4,6,9-11,13,25-26,28-30,34H,5,7-8,12,14-22H2,(H2,33,35,39)/t25-,26+,28+,29-,30-/m0/s1. The highest BCUT2D eigenvalue weighted by molar-refractivity contribution is 5.82. The molecule has 3 heterocycles. The molecule has 1 saturated carbocycles. The number of hydrogen-bond donors (Lipinski definition) is 3. The van der Waals surface area contributed by atoms with Crippen LogP contribution in [0.15, 0.2) is 54.6 Å². The number of likely N-dealkylation sites (tertiary alicyclic amines) is 1. The Hall–Kier alpha value is -3.10. The average Bonchev–Trinajstić information content (AvgIpc) is 3.45. The summed E-state index contributed by atoms with van der Waals surface area (Å²) in [5, 5.41) is 10.0. The third-order valence-corrected chi connectivity index (χ3v) is 9.35. The van der Waals surface area contributed by atoms with Gasteiger partial charge in [-0.3, -0.25) is 9.69 Å². The van der Waals surface area contributed by atoms with E-state index in [9.17, 15) is 9.59 Å². The molecule has 0 unspecified atom stereocenters. The van der Waals surface area contributed by atoms with Crippen molar-refractivity contribution in [2.24, 2.45) is 11.8 Å². The number of nitrogens with zero attached hydrogens (tertiary/aromatic N) is 2. The van der Waals surface area contributed by atoms with E-state index >= 15 is 0 Å². The third-order valence-electron chi connectivity index (χ3n) is 9.35. The number of benzene rings is 2. The molecule has 2 aromatic carbocycles. The summed E-state index contributed by atoms with van der Waals surface area (Å²) in [6.45, 7) is 5.86. The van der Waals surface area contributed by atoms with Crippen molar-refractivity contribution in [3.8, 4) is 0 Å². The second kappa shape index (κ2) is 12.6. The van der Waals surface area contributed by atoms with Crippen LogP contribution in [-0.2, 0) is 9.53 Å². The number of nitrogens with one attached hydrogen (secondary N) is 3. The first kappa shape index (κ1) is 27.1. The van der Waals surface area contributed by atoms with Gasteiger partial charge in [-0.05, 0) is 49.4 Å². The minimum Gasteiger partial charge on any atom is -0.379 e. The topological polar surface area (TPSA) is 85.9 Å². The second-order valence-electron chi connectivity index (χ2n) is 11.8. The number of rotatable bonds is 7. The molecule has 3 N–H and O–H groups in total. The fraction of sp³-hybridized carbons (Fsp3) is 0.562. The van der Waals surface area contributed by atoms with Crippen LogP contribution in [0.1, 0.15) is 61.7 Å². The van der Waals surface area contributed by atoms with Gasteiger partial charge in [0.2, 0.25) is 5.91 Å². The monoisotopic (exact) mass is 545 g/mol. The third kappa shape index (κ3) is 5.84. The molecule has 0 bridgehead atoms. The van der Waals surface area contributed by atoms with E-state index < -0.39 is 0 Å². The molecule has 4 aliphatic rings. The van der Waals surface area contributed by atoms with E-state index in [4.69, 9.17) is 4.74 Å². The smallest absolute Gasteiger partial charge is 0.315 e. The fourth-order valence-electron chi connectivity index (χ4n) is 7.32. The van der Waals surface area contributed by atoms with E-state index in [1.807, 2.05) is 0 Å². The number of anilines is 1. The molecule has 3 amide bonds. The Labute approximate surface area is 237 Å². The summed E-state index contributed by atoms with van der Waals surface area (Å²) < 4.78 is 5.41. The predicted molar refractivity (Wildman–Crippen MR) is 156 cm³/mol. The van der Waals surface area contributed by atoms with Gasteiger partial charge in [0.1, 0.15) is 0 Å². The van der Waals surface area contributed by atoms with Gasteiger partial charge in [0.15, 0.2) is 0 Å². The van der Waals surface area contributed by atoms with Crippen molar-refractivity contribution in [2.75, 3.05) is 51.3 Å². The van der Waals surface area contributed by atoms with E-state index in [1.54, 1.807) is 0 Å². The molecule has 8 heteroatoms. The van der Waals surface area contributed by atoms with Crippen LogP contribution in [0, 0.1) is 11.8 Å². The first-order valence-electron chi connectivity index (χ1n) is 15.2. The minimum atomic E-state index is -0.177. The molecular weight excluding hydrogens is 502 g/mol. The number of hydrogen-bond acceptors (Lipinski definition) is 5. The van der Waals surface area contributed by atoms with Crippen molar-refractivity contribution in [3.05, 3.63) is 65.7 Å². The summed E-state index contributed by atoms with van der Waals surface area (Å²) in [6.07, 6.45) is 5.63. The van der Waals surface area contributed by atoms with Crippen LogP contribution in [0.3, 0.4) is 0 Å². The van der Waals surface area contributed by atoms with Gasteiger partial charge in [-0.25, -0.2) is 4.79 Å². The highest BCUT2D eigenvalue weighted by Crippen LogP contribution is 2.51. The van der Waals surface area contributed by atoms with Gasteiger partial charge in [0.25, 0.3) is 0 Å². The SMILES string of the molecule is O=C(NCCCN1CCOCC1)N[C@@H]1CCCC[C@@H]1C(=O)N1CC[C@@H]2[C@H](c3ccccc3)Nc3ccccc3[C@@H]21. The van der Waals surface area contributed by atoms with Crippen LogP contribution in [0.25, 0.3) is 0 Å². The van der Waals surface area contributed by atoms with Gasteiger partial charge < -0.3 is 25.6 Å². The molecular formula is C32H43N5O3. The molecule has 6 rings (SSSR count). The number of ether oxygens (including phenoxy) is 1. The number of morpholine rings is 1. The molecule has 0 aromatic heterocycles. The van der Waals surface area contributed by atoms with Gasteiger partial charge >= 0.3 is 6.03 Å². The van der Waals surface area contributed by atoms with Gasteiger partial charge in [0.05, 0.1) is 31.2 Å². The first-order chi connectivity index (χ1) is 19.7. The van der Waals surface area contributed by atoms with Crippen LogP contribution in [0.2, 0.25) is 0 Å². The number of amides is 3. The van der Waals surface area contributed by atoms with E-state index in [0.29, 0.717) is 12.5 Å². The normalized spacial score (nSPS) is 28.2. The largest absolute Gasteiger partial charge is 0.379 e. The summed E-state index contributed by atoms with van der Waals surface area (Å²) >= 11 is 0. The maximum absolute atomic E-state index is 14.3. The molecule has 2 saturated heterocycles. The number of para-hydroxylation sites is 1. The summed E-state index contributed by atoms with van der Waals surface area (Å²) in [4.78, 5) is 31.6. The Balaban J connectivity index is 1.11. The highest BCUT2D eigenvalue weighted by atomic mass is 16.5. The van der Waals surface area contributed by atoms with Crippen molar-refractivity contribution in [2.45, 2.75) is 56.7 Å². The summed E-state index contributed by atoms with van der Waals surface area (Å²) in [6, 6.07) is 19.0. The van der Waals surface area contributed by atoms with E-state index in [0.717, 1.165) is 83.6 Å². The lowest BCUT2D eigenvalue weighted by Crippen LogP contribution is -2.52. The Bertz CT molecular complexity index is 1150. The van der Waals surface area contributed by atoms with Crippen LogP contribution in [0.4, 0.5) is 10.5 Å². The van der Waals surface area contributed by atoms with Gasteiger partial charge in [-0.1, -0.05) is 61.4 Å². The summed E-state index contributed by atoms with van der Waals surface area (Å²) in [7, 11) is 0. The highest BCUT2D eigenvalue weighted by Gasteiger charge is 2.48. The molecule has 3 aliphatic heterocycles. The maximum atomic E-state index is 14.3. The Kier molecular flexibility index (Phi) is 8.54. The molecule has 214 valence electrons. The lowest BCUT2D eigenvalue weighted by molar-refractivity contribution is -0.138. The molecule has 3 fully saturated rings. The lowest BCUT2D eigenvalue weighted by atomic mass is 9.79. The van der Waals surface area contributed by atoms with Gasteiger partial charge in [0, 0.05) is 43.8 Å². The van der Waals surface area contributed by atoms with Crippen LogP contribution in [-0.4, -0.2) is 73.7 Å².